The third-order valence-electron chi connectivity index (χ3n) is 3.10. The number of nitro groups is 1. The van der Waals surface area contributed by atoms with Crippen LogP contribution in [-0.2, 0) is 9.59 Å². The van der Waals surface area contributed by atoms with Crippen molar-refractivity contribution in [3.63, 3.8) is 0 Å². The van der Waals surface area contributed by atoms with Gasteiger partial charge < -0.3 is 10.1 Å². The van der Waals surface area contributed by atoms with Crippen LogP contribution < -0.4 is 15.4 Å². The number of aromatic nitrogens is 1. The van der Waals surface area contributed by atoms with Crippen LogP contribution in [0.15, 0.2) is 18.2 Å². The Balaban J connectivity index is 2.14. The number of anilines is 2. The van der Waals surface area contributed by atoms with Crippen LogP contribution in [0.1, 0.15) is 10.6 Å². The molecule has 0 aliphatic carbocycles. The van der Waals surface area contributed by atoms with E-state index in [1.54, 1.807) is 6.92 Å². The molecule has 10 heteroatoms. The van der Waals surface area contributed by atoms with E-state index in [-0.39, 0.29) is 17.1 Å². The zero-order valence-electron chi connectivity index (χ0n) is 13.1. The quantitative estimate of drug-likeness (QED) is 0.495. The maximum absolute atomic E-state index is 12.0. The Kier molecular flexibility index (Phi) is 5.09. The van der Waals surface area contributed by atoms with Gasteiger partial charge in [-0.25, -0.2) is 4.98 Å². The number of rotatable bonds is 4. The van der Waals surface area contributed by atoms with Crippen LogP contribution in [0, 0.1) is 24.0 Å². The number of benzene rings is 1. The summed E-state index contributed by atoms with van der Waals surface area (Å²) in [4.78, 5) is 39.1. The molecule has 0 fully saturated rings. The van der Waals surface area contributed by atoms with Gasteiger partial charge in [-0.2, -0.15) is 0 Å². The molecule has 0 saturated heterocycles. The minimum absolute atomic E-state index is 0.0262. The number of methoxy groups -OCH3 is 1. The fourth-order valence-electron chi connectivity index (χ4n) is 1.77. The average Bonchev–Trinajstić information content (AvgIpc) is 2.84. The Hall–Kier alpha value is -3.01. The van der Waals surface area contributed by atoms with Crippen LogP contribution in [0.2, 0.25) is 0 Å². The summed E-state index contributed by atoms with van der Waals surface area (Å²) in [6.45, 7) is 3.63. The second kappa shape index (κ2) is 7.04. The minimum Gasteiger partial charge on any atom is -0.495 e. The normalized spacial score (nSPS) is 10.1. The zero-order chi connectivity index (χ0) is 17.9. The summed E-state index contributed by atoms with van der Waals surface area (Å²) in [5.41, 5.74) is 0.548. The van der Waals surface area contributed by atoms with E-state index >= 15 is 0 Å². The minimum atomic E-state index is -0.987. The Labute approximate surface area is 140 Å². The molecule has 0 spiro atoms. The molecule has 0 aliphatic rings. The van der Waals surface area contributed by atoms with Crippen molar-refractivity contribution in [3.05, 3.63) is 38.9 Å². The van der Waals surface area contributed by atoms with Crippen molar-refractivity contribution in [1.29, 1.82) is 0 Å². The second-order valence-electron chi connectivity index (χ2n) is 4.71. The highest BCUT2D eigenvalue weighted by molar-refractivity contribution is 7.15. The van der Waals surface area contributed by atoms with Crippen molar-refractivity contribution >= 4 is 39.7 Å². The lowest BCUT2D eigenvalue weighted by atomic mass is 10.2. The molecular weight excluding hydrogens is 336 g/mol. The fourth-order valence-corrected chi connectivity index (χ4v) is 2.58. The number of nitro benzene ring substituents is 1. The molecule has 9 nitrogen and oxygen atoms in total. The molecule has 2 amide bonds. The number of ether oxygens (including phenoxy) is 1. The molecule has 24 heavy (non-hydrogen) atoms. The Bertz CT molecular complexity index is 798. The lowest BCUT2D eigenvalue weighted by Crippen LogP contribution is -2.29. The SMILES string of the molecule is COc1ccc([N+](=O)[O-])cc1NC(=O)C(=O)Nc1nc(C)c(C)s1. The first-order valence-corrected chi connectivity index (χ1v) is 7.52. The van der Waals surface area contributed by atoms with Crippen molar-refractivity contribution in [2.75, 3.05) is 17.7 Å². The molecule has 0 atom stereocenters. The van der Waals surface area contributed by atoms with E-state index in [9.17, 15) is 19.7 Å². The van der Waals surface area contributed by atoms with E-state index in [0.717, 1.165) is 16.6 Å². The van der Waals surface area contributed by atoms with Gasteiger partial charge in [0.25, 0.3) is 5.69 Å². The first-order valence-electron chi connectivity index (χ1n) is 6.70. The molecule has 2 aromatic rings. The Morgan fingerprint density at radius 1 is 1.25 bits per heavy atom. The van der Waals surface area contributed by atoms with Crippen LogP contribution in [0.3, 0.4) is 0 Å². The van der Waals surface area contributed by atoms with Gasteiger partial charge in [0, 0.05) is 17.0 Å². The topological polar surface area (TPSA) is 123 Å². The molecule has 1 aromatic carbocycles. The third kappa shape index (κ3) is 3.84. The number of nitrogens with one attached hydrogen (secondary N) is 2. The lowest BCUT2D eigenvalue weighted by molar-refractivity contribution is -0.384. The fraction of sp³-hybridized carbons (Fsp3) is 0.214. The standard InChI is InChI=1S/C14H14N4O5S/c1-7-8(2)24-14(15-7)17-13(20)12(19)16-10-6-9(18(21)22)4-5-11(10)23-3/h4-6H,1-3H3,(H,16,19)(H,15,17,20). The summed E-state index contributed by atoms with van der Waals surface area (Å²) in [5, 5.41) is 15.8. The highest BCUT2D eigenvalue weighted by atomic mass is 32.1. The number of carbonyl (C=O) groups is 2. The summed E-state index contributed by atoms with van der Waals surface area (Å²) in [5.74, 6) is -1.72. The summed E-state index contributed by atoms with van der Waals surface area (Å²) in [6, 6.07) is 3.68. The predicted octanol–water partition coefficient (Wildman–Crippen LogP) is 2.25. The van der Waals surface area contributed by atoms with Gasteiger partial charge in [0.15, 0.2) is 5.13 Å². The zero-order valence-corrected chi connectivity index (χ0v) is 13.9. The summed E-state index contributed by atoms with van der Waals surface area (Å²) in [7, 11) is 1.35. The number of carbonyl (C=O) groups excluding carboxylic acids is 2. The lowest BCUT2D eigenvalue weighted by Gasteiger charge is -2.09. The number of nitrogens with zero attached hydrogens (tertiary/aromatic N) is 2. The average molecular weight is 350 g/mol. The van der Waals surface area contributed by atoms with E-state index in [4.69, 9.17) is 4.74 Å². The predicted molar refractivity (Wildman–Crippen MR) is 88.5 cm³/mol. The van der Waals surface area contributed by atoms with Gasteiger partial charge in [-0.15, -0.1) is 11.3 Å². The van der Waals surface area contributed by atoms with Crippen LogP contribution in [0.5, 0.6) is 5.75 Å². The summed E-state index contributed by atoms with van der Waals surface area (Å²) >= 11 is 1.24. The molecule has 2 rings (SSSR count). The van der Waals surface area contributed by atoms with E-state index in [0.29, 0.717) is 5.13 Å². The van der Waals surface area contributed by atoms with E-state index in [2.05, 4.69) is 15.6 Å². The van der Waals surface area contributed by atoms with Gasteiger partial charge in [0.05, 0.1) is 23.4 Å². The first-order chi connectivity index (χ1) is 11.3. The second-order valence-corrected chi connectivity index (χ2v) is 5.91. The van der Waals surface area contributed by atoms with Gasteiger partial charge in [-0.3, -0.25) is 25.0 Å². The number of amides is 2. The van der Waals surface area contributed by atoms with E-state index in [1.807, 2.05) is 6.92 Å². The first kappa shape index (κ1) is 17.3. The number of aryl methyl sites for hydroxylation is 2. The van der Waals surface area contributed by atoms with E-state index < -0.39 is 16.7 Å². The van der Waals surface area contributed by atoms with Crippen LogP contribution in [-0.4, -0.2) is 28.8 Å². The highest BCUT2D eigenvalue weighted by Gasteiger charge is 2.19. The number of thiazole rings is 1. The number of non-ortho nitro benzene ring substituents is 1. The van der Waals surface area contributed by atoms with Crippen molar-refractivity contribution < 1.29 is 19.2 Å². The molecule has 0 saturated carbocycles. The van der Waals surface area contributed by atoms with Gasteiger partial charge >= 0.3 is 11.8 Å². The summed E-state index contributed by atoms with van der Waals surface area (Å²) < 4.78 is 5.02. The third-order valence-corrected chi connectivity index (χ3v) is 4.09. The molecule has 0 radical (unpaired) electrons. The van der Waals surface area contributed by atoms with Crippen molar-refractivity contribution in [3.8, 4) is 5.75 Å². The van der Waals surface area contributed by atoms with Crippen molar-refractivity contribution in [1.82, 2.24) is 4.98 Å². The number of hydrogen-bond donors (Lipinski definition) is 2. The largest absolute Gasteiger partial charge is 0.495 e. The molecule has 2 N–H and O–H groups in total. The van der Waals surface area contributed by atoms with Crippen LogP contribution in [0.4, 0.5) is 16.5 Å². The smallest absolute Gasteiger partial charge is 0.315 e. The monoisotopic (exact) mass is 350 g/mol. The van der Waals surface area contributed by atoms with Gasteiger partial charge in [-0.1, -0.05) is 0 Å². The molecule has 0 bridgehead atoms. The summed E-state index contributed by atoms with van der Waals surface area (Å²) in [6.07, 6.45) is 0. The van der Waals surface area contributed by atoms with Crippen LogP contribution in [0.25, 0.3) is 0 Å². The van der Waals surface area contributed by atoms with Crippen LogP contribution >= 0.6 is 11.3 Å². The van der Waals surface area contributed by atoms with E-state index in [1.165, 1.54) is 30.6 Å². The molecule has 0 unspecified atom stereocenters. The maximum atomic E-state index is 12.0. The van der Waals surface area contributed by atoms with Gasteiger partial charge in [0.1, 0.15) is 5.75 Å². The molecule has 126 valence electrons. The Morgan fingerprint density at radius 2 is 1.92 bits per heavy atom. The molecule has 1 heterocycles. The van der Waals surface area contributed by atoms with Crippen molar-refractivity contribution in [2.45, 2.75) is 13.8 Å². The van der Waals surface area contributed by atoms with Crippen molar-refractivity contribution in [2.24, 2.45) is 0 Å². The maximum Gasteiger partial charge on any atom is 0.315 e. The Morgan fingerprint density at radius 3 is 2.46 bits per heavy atom. The highest BCUT2D eigenvalue weighted by Crippen LogP contribution is 2.29. The number of hydrogen-bond acceptors (Lipinski definition) is 7. The van der Waals surface area contributed by atoms with Gasteiger partial charge in [-0.05, 0) is 19.9 Å². The molecule has 0 aliphatic heterocycles. The molecule has 1 aromatic heterocycles. The molecular formula is C14H14N4O5S. The van der Waals surface area contributed by atoms with Gasteiger partial charge in [0.2, 0.25) is 0 Å².